The first kappa shape index (κ1) is 19.6. The van der Waals surface area contributed by atoms with Gasteiger partial charge in [0.2, 0.25) is 10.0 Å². The number of rotatable bonds is 6. The molecule has 0 aliphatic carbocycles. The second kappa shape index (κ2) is 8.28. The minimum atomic E-state index is -3.70. The molecule has 0 spiro atoms. The van der Waals surface area contributed by atoms with E-state index in [0.29, 0.717) is 31.7 Å². The van der Waals surface area contributed by atoms with Crippen LogP contribution in [-0.4, -0.2) is 40.1 Å². The summed E-state index contributed by atoms with van der Waals surface area (Å²) in [6.07, 6.45) is 0.543. The van der Waals surface area contributed by atoms with Crippen LogP contribution in [0.4, 0.5) is 21.0 Å². The molecule has 0 bridgehead atoms. The largest absolute Gasteiger partial charge is 0.338 e. The van der Waals surface area contributed by atoms with E-state index in [1.165, 1.54) is 12.1 Å². The number of benzene rings is 2. The second-order valence-corrected chi connectivity index (χ2v) is 7.81. The molecule has 2 aromatic rings. The number of nitrogens with one attached hydrogen (secondary N) is 3. The van der Waals surface area contributed by atoms with Crippen LogP contribution < -0.4 is 26.0 Å². The summed E-state index contributed by atoms with van der Waals surface area (Å²) in [4.78, 5) is 25.3. The summed E-state index contributed by atoms with van der Waals surface area (Å²) in [6, 6.07) is 12.7. The normalized spacial score (nSPS) is 13.9. The van der Waals surface area contributed by atoms with Crippen molar-refractivity contribution < 1.29 is 18.0 Å². The van der Waals surface area contributed by atoms with E-state index in [-0.39, 0.29) is 17.0 Å². The minimum absolute atomic E-state index is 0.0526. The monoisotopic (exact) mass is 403 g/mol. The van der Waals surface area contributed by atoms with Gasteiger partial charge in [0, 0.05) is 31.0 Å². The number of nitrogens with zero attached hydrogens (tertiary/aromatic N) is 1. The molecule has 0 unspecified atom stereocenters. The van der Waals surface area contributed by atoms with Gasteiger partial charge in [0.15, 0.2) is 0 Å². The number of amides is 4. The van der Waals surface area contributed by atoms with Crippen molar-refractivity contribution in [3.8, 4) is 0 Å². The molecule has 0 radical (unpaired) electrons. The summed E-state index contributed by atoms with van der Waals surface area (Å²) < 4.78 is 22.4. The molecular formula is C18H21N5O4S. The van der Waals surface area contributed by atoms with Crippen LogP contribution in [0.3, 0.4) is 0 Å². The highest BCUT2D eigenvalue weighted by atomic mass is 32.2. The van der Waals surface area contributed by atoms with E-state index < -0.39 is 10.0 Å². The molecular weight excluding hydrogens is 382 g/mol. The van der Waals surface area contributed by atoms with Crippen LogP contribution in [-0.2, 0) is 16.4 Å². The summed E-state index contributed by atoms with van der Waals surface area (Å²) in [5.74, 6) is 0. The Bertz CT molecular complexity index is 958. The Kier molecular flexibility index (Phi) is 5.81. The van der Waals surface area contributed by atoms with Gasteiger partial charge in [0.05, 0.1) is 4.90 Å². The SMILES string of the molecule is NS(=O)(=O)c1ccc(CCNC(=O)Nc2ccc(N3CCNC3=O)cc2)cc1. The maximum Gasteiger partial charge on any atom is 0.321 e. The van der Waals surface area contributed by atoms with Crippen LogP contribution in [0.1, 0.15) is 5.56 Å². The lowest BCUT2D eigenvalue weighted by molar-refractivity contribution is 0.251. The van der Waals surface area contributed by atoms with Crippen LogP contribution >= 0.6 is 0 Å². The van der Waals surface area contributed by atoms with Gasteiger partial charge in [-0.1, -0.05) is 12.1 Å². The lowest BCUT2D eigenvalue weighted by Crippen LogP contribution is -2.30. The summed E-state index contributed by atoms with van der Waals surface area (Å²) in [6.45, 7) is 1.61. The number of nitrogens with two attached hydrogens (primary N) is 1. The van der Waals surface area contributed by atoms with Crippen LogP contribution in [0, 0.1) is 0 Å². The maximum absolute atomic E-state index is 12.0. The number of carbonyl (C=O) groups is 2. The van der Waals surface area contributed by atoms with E-state index in [1.54, 1.807) is 41.3 Å². The first-order valence-electron chi connectivity index (χ1n) is 8.65. The minimum Gasteiger partial charge on any atom is -0.338 e. The zero-order valence-corrected chi connectivity index (χ0v) is 15.8. The van der Waals surface area contributed by atoms with E-state index in [1.807, 2.05) is 0 Å². The lowest BCUT2D eigenvalue weighted by atomic mass is 10.1. The molecule has 1 saturated heterocycles. The van der Waals surface area contributed by atoms with Crippen LogP contribution in [0.2, 0.25) is 0 Å². The van der Waals surface area contributed by atoms with Crippen molar-refractivity contribution >= 4 is 33.5 Å². The fourth-order valence-electron chi connectivity index (χ4n) is 2.78. The molecule has 9 nitrogen and oxygen atoms in total. The van der Waals surface area contributed by atoms with Crippen molar-refractivity contribution in [2.75, 3.05) is 29.9 Å². The van der Waals surface area contributed by atoms with Crippen LogP contribution in [0.5, 0.6) is 0 Å². The molecule has 0 saturated carbocycles. The van der Waals surface area contributed by atoms with Gasteiger partial charge in [-0.2, -0.15) is 0 Å². The van der Waals surface area contributed by atoms with Crippen molar-refractivity contribution in [2.45, 2.75) is 11.3 Å². The third kappa shape index (κ3) is 4.99. The smallest absolute Gasteiger partial charge is 0.321 e. The average molecular weight is 403 g/mol. The fraction of sp³-hybridized carbons (Fsp3) is 0.222. The van der Waals surface area contributed by atoms with E-state index in [0.717, 1.165) is 11.3 Å². The first-order valence-corrected chi connectivity index (χ1v) is 10.2. The number of carbonyl (C=O) groups excluding carboxylic acids is 2. The summed E-state index contributed by atoms with van der Waals surface area (Å²) >= 11 is 0. The van der Waals surface area contributed by atoms with Crippen LogP contribution in [0.15, 0.2) is 53.4 Å². The summed E-state index contributed by atoms with van der Waals surface area (Å²) in [7, 11) is -3.70. The van der Waals surface area contributed by atoms with Gasteiger partial charge >= 0.3 is 12.1 Å². The van der Waals surface area contributed by atoms with E-state index in [2.05, 4.69) is 16.0 Å². The molecule has 1 aliphatic heterocycles. The second-order valence-electron chi connectivity index (χ2n) is 6.25. The molecule has 1 fully saturated rings. The fourth-order valence-corrected chi connectivity index (χ4v) is 3.30. The summed E-state index contributed by atoms with van der Waals surface area (Å²) in [5, 5.41) is 13.2. The Hall–Kier alpha value is -3.11. The third-order valence-electron chi connectivity index (χ3n) is 4.24. The van der Waals surface area contributed by atoms with Gasteiger partial charge in [-0.25, -0.2) is 23.1 Å². The van der Waals surface area contributed by atoms with Gasteiger partial charge in [0.25, 0.3) is 0 Å². The van der Waals surface area contributed by atoms with Gasteiger partial charge in [-0.05, 0) is 48.4 Å². The van der Waals surface area contributed by atoms with Crippen molar-refractivity contribution in [2.24, 2.45) is 5.14 Å². The molecule has 3 rings (SSSR count). The maximum atomic E-state index is 12.0. The molecule has 1 aliphatic rings. The summed E-state index contributed by atoms with van der Waals surface area (Å²) in [5.41, 5.74) is 2.25. The van der Waals surface area contributed by atoms with Crippen LogP contribution in [0.25, 0.3) is 0 Å². The molecule has 0 aromatic heterocycles. The number of sulfonamides is 1. The van der Waals surface area contributed by atoms with Crippen molar-refractivity contribution in [3.63, 3.8) is 0 Å². The number of anilines is 2. The number of urea groups is 2. The molecule has 2 aromatic carbocycles. The first-order chi connectivity index (χ1) is 13.3. The molecule has 148 valence electrons. The highest BCUT2D eigenvalue weighted by Gasteiger charge is 2.20. The van der Waals surface area contributed by atoms with E-state index in [9.17, 15) is 18.0 Å². The Morgan fingerprint density at radius 2 is 1.79 bits per heavy atom. The average Bonchev–Trinajstić information content (AvgIpc) is 3.08. The van der Waals surface area contributed by atoms with Crippen molar-refractivity contribution in [3.05, 3.63) is 54.1 Å². The molecule has 1 heterocycles. The number of hydrogen-bond donors (Lipinski definition) is 4. The Labute approximate surface area is 163 Å². The molecule has 0 atom stereocenters. The molecule has 5 N–H and O–H groups in total. The highest BCUT2D eigenvalue weighted by Crippen LogP contribution is 2.19. The predicted octanol–water partition coefficient (Wildman–Crippen LogP) is 1.23. The lowest BCUT2D eigenvalue weighted by Gasteiger charge is -2.15. The van der Waals surface area contributed by atoms with Gasteiger partial charge in [0.1, 0.15) is 0 Å². The zero-order valence-electron chi connectivity index (χ0n) is 15.0. The van der Waals surface area contributed by atoms with Crippen molar-refractivity contribution in [1.29, 1.82) is 0 Å². The Morgan fingerprint density at radius 1 is 1.11 bits per heavy atom. The Balaban J connectivity index is 1.46. The standard InChI is InChI=1S/C18H21N5O4S/c19-28(26,27)16-7-1-13(2-8-16)9-10-20-17(24)22-14-3-5-15(6-4-14)23-12-11-21-18(23)25/h1-8H,9-12H2,(H,21,25)(H2,19,26,27)(H2,20,22,24). The predicted molar refractivity (Wildman–Crippen MR) is 106 cm³/mol. The Morgan fingerprint density at radius 3 is 2.36 bits per heavy atom. The molecule has 10 heteroatoms. The van der Waals surface area contributed by atoms with Gasteiger partial charge < -0.3 is 16.0 Å². The van der Waals surface area contributed by atoms with Gasteiger partial charge in [-0.3, -0.25) is 4.90 Å². The zero-order chi connectivity index (χ0) is 20.1. The topological polar surface area (TPSA) is 134 Å². The quantitative estimate of drug-likeness (QED) is 0.577. The number of primary sulfonamides is 1. The third-order valence-corrected chi connectivity index (χ3v) is 5.17. The highest BCUT2D eigenvalue weighted by molar-refractivity contribution is 7.89. The molecule has 28 heavy (non-hydrogen) atoms. The number of hydrogen-bond acceptors (Lipinski definition) is 4. The van der Waals surface area contributed by atoms with E-state index in [4.69, 9.17) is 5.14 Å². The van der Waals surface area contributed by atoms with E-state index >= 15 is 0 Å². The van der Waals surface area contributed by atoms with Crippen molar-refractivity contribution in [1.82, 2.24) is 10.6 Å². The van der Waals surface area contributed by atoms with Gasteiger partial charge in [-0.15, -0.1) is 0 Å². The molecule has 4 amide bonds.